The predicted octanol–water partition coefficient (Wildman–Crippen LogP) is 3.01. The lowest BCUT2D eigenvalue weighted by atomic mass is 10.0. The number of ether oxygens (including phenoxy) is 1. The van der Waals surface area contributed by atoms with E-state index in [1.807, 2.05) is 49.4 Å². The number of carbonyl (C=O) groups excluding carboxylic acids is 2. The maximum Gasteiger partial charge on any atom is 0.268 e. The zero-order valence-corrected chi connectivity index (χ0v) is 16.1. The van der Waals surface area contributed by atoms with E-state index in [0.29, 0.717) is 27.5 Å². The number of hydrogen-bond acceptors (Lipinski definition) is 5. The van der Waals surface area contributed by atoms with Crippen LogP contribution in [0.2, 0.25) is 0 Å². The fourth-order valence-corrected chi connectivity index (χ4v) is 3.84. The summed E-state index contributed by atoms with van der Waals surface area (Å²) in [5, 5.41) is 9.17. The van der Waals surface area contributed by atoms with Crippen LogP contribution in [0.1, 0.15) is 16.7 Å². The lowest BCUT2D eigenvalue weighted by Crippen LogP contribution is -2.31. The molecule has 2 aromatic carbocycles. The normalized spacial score (nSPS) is 14.3. The van der Waals surface area contributed by atoms with Crippen molar-refractivity contribution in [3.05, 3.63) is 70.1 Å². The van der Waals surface area contributed by atoms with Gasteiger partial charge < -0.3 is 9.84 Å². The lowest BCUT2D eigenvalue weighted by Gasteiger charge is -2.17. The van der Waals surface area contributed by atoms with Crippen LogP contribution < -0.4 is 4.74 Å². The molecule has 0 fully saturated rings. The Balaban J connectivity index is 1.97. The molecule has 0 unspecified atom stereocenters. The molecule has 1 heterocycles. The molecule has 0 atom stereocenters. The molecule has 0 saturated heterocycles. The molecule has 6 heteroatoms. The second-order valence-corrected chi connectivity index (χ2v) is 7.26. The summed E-state index contributed by atoms with van der Waals surface area (Å²) in [5.41, 5.74) is 2.94. The monoisotopic (exact) mass is 383 g/mol. The number of para-hydroxylation sites is 1. The number of aliphatic hydroxyl groups is 1. The van der Waals surface area contributed by atoms with Gasteiger partial charge in [-0.2, -0.15) is 0 Å². The highest BCUT2D eigenvalue weighted by Crippen LogP contribution is 2.37. The summed E-state index contributed by atoms with van der Waals surface area (Å²) < 4.78 is 5.34. The molecule has 140 valence electrons. The SMILES string of the molecule is COc1ccccc1CN1C(=O)C(SCCO)=C(c2ccc(C)cc2)C1=O. The van der Waals surface area contributed by atoms with Crippen LogP contribution >= 0.6 is 11.8 Å². The largest absolute Gasteiger partial charge is 0.496 e. The number of hydrogen-bond donors (Lipinski definition) is 1. The molecule has 0 aliphatic carbocycles. The van der Waals surface area contributed by atoms with E-state index in [1.165, 1.54) is 16.7 Å². The summed E-state index contributed by atoms with van der Waals surface area (Å²) in [6.07, 6.45) is 0. The Hall–Kier alpha value is -2.57. The molecular weight excluding hydrogens is 362 g/mol. The lowest BCUT2D eigenvalue weighted by molar-refractivity contribution is -0.137. The number of aliphatic hydroxyl groups excluding tert-OH is 1. The minimum Gasteiger partial charge on any atom is -0.496 e. The first kappa shape index (κ1) is 19.2. The number of aryl methyl sites for hydroxylation is 1. The molecule has 1 aliphatic rings. The molecule has 3 rings (SSSR count). The fourth-order valence-electron chi connectivity index (χ4n) is 2.96. The summed E-state index contributed by atoms with van der Waals surface area (Å²) in [5.74, 6) is 0.327. The number of methoxy groups -OCH3 is 1. The number of thioether (sulfide) groups is 1. The van der Waals surface area contributed by atoms with Gasteiger partial charge in [0.2, 0.25) is 0 Å². The van der Waals surface area contributed by atoms with Crippen molar-refractivity contribution in [1.29, 1.82) is 0 Å². The van der Waals surface area contributed by atoms with E-state index in [4.69, 9.17) is 4.74 Å². The Morgan fingerprint density at radius 2 is 1.74 bits per heavy atom. The third-order valence-electron chi connectivity index (χ3n) is 4.32. The predicted molar refractivity (Wildman–Crippen MR) is 106 cm³/mol. The molecule has 0 aromatic heterocycles. The topological polar surface area (TPSA) is 66.8 Å². The molecule has 2 aromatic rings. The van der Waals surface area contributed by atoms with E-state index < -0.39 is 0 Å². The van der Waals surface area contributed by atoms with E-state index in [2.05, 4.69) is 0 Å². The van der Waals surface area contributed by atoms with E-state index in [-0.39, 0.29) is 25.0 Å². The van der Waals surface area contributed by atoms with Gasteiger partial charge in [-0.15, -0.1) is 11.8 Å². The second kappa shape index (κ2) is 8.41. The standard InChI is InChI=1S/C21H21NO4S/c1-14-7-9-15(10-8-14)18-19(27-12-11-23)21(25)22(20(18)24)13-16-5-3-4-6-17(16)26-2/h3-10,23H,11-13H2,1-2H3. The van der Waals surface area contributed by atoms with Crippen molar-refractivity contribution in [1.82, 2.24) is 4.90 Å². The average Bonchev–Trinajstić information content (AvgIpc) is 2.91. The Morgan fingerprint density at radius 1 is 1.04 bits per heavy atom. The molecule has 0 spiro atoms. The van der Waals surface area contributed by atoms with Gasteiger partial charge in [0, 0.05) is 11.3 Å². The van der Waals surface area contributed by atoms with Crippen molar-refractivity contribution in [3.63, 3.8) is 0 Å². The maximum absolute atomic E-state index is 13.1. The highest BCUT2D eigenvalue weighted by molar-refractivity contribution is 8.04. The number of amides is 2. The van der Waals surface area contributed by atoms with E-state index in [1.54, 1.807) is 13.2 Å². The first-order valence-electron chi connectivity index (χ1n) is 8.60. The summed E-state index contributed by atoms with van der Waals surface area (Å²) in [6.45, 7) is 2.04. The minimum absolute atomic E-state index is 0.0661. The Labute approximate surface area is 162 Å². The molecule has 1 aliphatic heterocycles. The Bertz CT molecular complexity index is 889. The summed E-state index contributed by atoms with van der Waals surface area (Å²) in [7, 11) is 1.56. The van der Waals surface area contributed by atoms with Crippen LogP contribution in [0, 0.1) is 6.92 Å². The number of benzene rings is 2. The zero-order chi connectivity index (χ0) is 19.4. The highest BCUT2D eigenvalue weighted by atomic mass is 32.2. The van der Waals surface area contributed by atoms with Crippen LogP contribution in [0.15, 0.2) is 53.4 Å². The van der Waals surface area contributed by atoms with Gasteiger partial charge >= 0.3 is 0 Å². The van der Waals surface area contributed by atoms with Crippen molar-refractivity contribution >= 4 is 29.1 Å². The van der Waals surface area contributed by atoms with Crippen LogP contribution in [0.3, 0.4) is 0 Å². The van der Waals surface area contributed by atoms with Crippen LogP contribution in [-0.2, 0) is 16.1 Å². The Morgan fingerprint density at radius 3 is 2.41 bits per heavy atom. The van der Waals surface area contributed by atoms with E-state index in [9.17, 15) is 14.7 Å². The van der Waals surface area contributed by atoms with Gasteiger partial charge in [0.05, 0.1) is 30.7 Å². The van der Waals surface area contributed by atoms with E-state index >= 15 is 0 Å². The number of nitrogens with zero attached hydrogens (tertiary/aromatic N) is 1. The maximum atomic E-state index is 13.1. The minimum atomic E-state index is -0.333. The smallest absolute Gasteiger partial charge is 0.268 e. The van der Waals surface area contributed by atoms with Gasteiger partial charge in [-0.05, 0) is 18.6 Å². The Kier molecular flexibility index (Phi) is 5.98. The van der Waals surface area contributed by atoms with Gasteiger partial charge in [-0.1, -0.05) is 48.0 Å². The van der Waals surface area contributed by atoms with Crippen molar-refractivity contribution in [2.45, 2.75) is 13.5 Å². The molecule has 27 heavy (non-hydrogen) atoms. The number of rotatable bonds is 7. The van der Waals surface area contributed by atoms with Crippen molar-refractivity contribution in [2.24, 2.45) is 0 Å². The highest BCUT2D eigenvalue weighted by Gasteiger charge is 2.39. The van der Waals surface area contributed by atoms with E-state index in [0.717, 1.165) is 11.1 Å². The molecule has 2 amide bonds. The first-order chi connectivity index (χ1) is 13.1. The summed E-state index contributed by atoms with van der Waals surface area (Å²) in [4.78, 5) is 27.7. The fraction of sp³-hybridized carbons (Fsp3) is 0.238. The van der Waals surface area contributed by atoms with Crippen LogP contribution in [0.25, 0.3) is 5.57 Å². The van der Waals surface area contributed by atoms with Gasteiger partial charge in [-0.25, -0.2) is 0 Å². The van der Waals surface area contributed by atoms with Gasteiger partial charge in [0.15, 0.2) is 0 Å². The zero-order valence-electron chi connectivity index (χ0n) is 15.3. The van der Waals surface area contributed by atoms with Crippen molar-refractivity contribution in [2.75, 3.05) is 19.5 Å². The molecular formula is C21H21NO4S. The van der Waals surface area contributed by atoms with Gasteiger partial charge in [-0.3, -0.25) is 14.5 Å². The van der Waals surface area contributed by atoms with Gasteiger partial charge in [0.25, 0.3) is 11.8 Å². The third kappa shape index (κ3) is 3.91. The van der Waals surface area contributed by atoms with Crippen LogP contribution in [0.4, 0.5) is 0 Å². The second-order valence-electron chi connectivity index (χ2n) is 6.15. The molecule has 1 N–H and O–H groups in total. The third-order valence-corrected chi connectivity index (χ3v) is 5.38. The van der Waals surface area contributed by atoms with Crippen LogP contribution in [0.5, 0.6) is 5.75 Å². The molecule has 5 nitrogen and oxygen atoms in total. The number of imide groups is 1. The molecule has 0 radical (unpaired) electrons. The summed E-state index contributed by atoms with van der Waals surface area (Å²) in [6, 6.07) is 14.9. The molecule has 0 bridgehead atoms. The quantitative estimate of drug-likeness (QED) is 0.745. The first-order valence-corrected chi connectivity index (χ1v) is 9.58. The van der Waals surface area contributed by atoms with Crippen molar-refractivity contribution in [3.8, 4) is 5.75 Å². The van der Waals surface area contributed by atoms with Gasteiger partial charge in [0.1, 0.15) is 5.75 Å². The number of carbonyl (C=O) groups is 2. The average molecular weight is 383 g/mol. The molecule has 0 saturated carbocycles. The van der Waals surface area contributed by atoms with Crippen molar-refractivity contribution < 1.29 is 19.4 Å². The summed E-state index contributed by atoms with van der Waals surface area (Å²) >= 11 is 1.21. The van der Waals surface area contributed by atoms with Crippen LogP contribution in [-0.4, -0.2) is 41.3 Å².